The van der Waals surface area contributed by atoms with Gasteiger partial charge in [0.05, 0.1) is 12.7 Å². The molecule has 1 fully saturated rings. The lowest BCUT2D eigenvalue weighted by atomic mass is 10.0. The Morgan fingerprint density at radius 1 is 0.900 bits per heavy atom. The molecule has 2 unspecified atom stereocenters. The van der Waals surface area contributed by atoms with Crippen molar-refractivity contribution in [1.82, 2.24) is 16.0 Å². The summed E-state index contributed by atoms with van der Waals surface area (Å²) in [6.45, 7) is 3.33. The summed E-state index contributed by atoms with van der Waals surface area (Å²) in [5, 5.41) is 8.05. The highest BCUT2D eigenvalue weighted by Crippen LogP contribution is 2.18. The lowest BCUT2D eigenvalue weighted by Gasteiger charge is -2.34. The minimum Gasteiger partial charge on any atom is -0.373 e. The highest BCUT2D eigenvalue weighted by atomic mass is 19.1. The lowest BCUT2D eigenvalue weighted by molar-refractivity contribution is -0.137. The maximum atomic E-state index is 13.4. The Morgan fingerprint density at radius 2 is 1.55 bits per heavy atom. The van der Waals surface area contributed by atoms with Crippen LogP contribution in [0.5, 0.6) is 0 Å². The molecule has 40 heavy (non-hydrogen) atoms. The van der Waals surface area contributed by atoms with E-state index in [1.165, 1.54) is 6.92 Å². The van der Waals surface area contributed by atoms with Crippen molar-refractivity contribution >= 4 is 23.4 Å². The van der Waals surface area contributed by atoms with Crippen LogP contribution < -0.4 is 20.9 Å². The zero-order chi connectivity index (χ0) is 28.5. The number of morpholine rings is 1. The molecule has 3 aromatic carbocycles. The number of benzene rings is 3. The number of carbonyl (C=O) groups excluding carboxylic acids is 3. The van der Waals surface area contributed by atoms with Crippen LogP contribution in [0.1, 0.15) is 24.1 Å². The molecule has 3 N–H and O–H groups in total. The number of carbonyl (C=O) groups is 3. The van der Waals surface area contributed by atoms with Crippen LogP contribution in [0.25, 0.3) is 0 Å². The summed E-state index contributed by atoms with van der Waals surface area (Å²) in [5.41, 5.74) is 1.84. The lowest BCUT2D eigenvalue weighted by Crippen LogP contribution is -2.50. The first-order valence-corrected chi connectivity index (χ1v) is 13.1. The Hall–Kier alpha value is -4.31. The number of halogens is 2. The number of anilines is 1. The van der Waals surface area contributed by atoms with Crippen molar-refractivity contribution in [3.63, 3.8) is 0 Å². The van der Waals surface area contributed by atoms with E-state index < -0.39 is 41.3 Å². The van der Waals surface area contributed by atoms with Crippen molar-refractivity contribution in [3.05, 3.63) is 102 Å². The van der Waals surface area contributed by atoms with E-state index >= 15 is 0 Å². The second kappa shape index (κ2) is 13.7. The maximum Gasteiger partial charge on any atom is 0.247 e. The summed E-state index contributed by atoms with van der Waals surface area (Å²) in [6, 6.07) is 20.5. The number of nitrogens with one attached hydrogen (secondary N) is 3. The summed E-state index contributed by atoms with van der Waals surface area (Å²) in [5.74, 6) is -4.46. The van der Waals surface area contributed by atoms with Gasteiger partial charge < -0.3 is 25.6 Å². The van der Waals surface area contributed by atoms with E-state index in [1.54, 1.807) is 30.3 Å². The zero-order valence-electron chi connectivity index (χ0n) is 22.1. The summed E-state index contributed by atoms with van der Waals surface area (Å²) in [7, 11) is 0. The highest BCUT2D eigenvalue weighted by Gasteiger charge is 2.29. The molecule has 8 nitrogen and oxygen atoms in total. The summed E-state index contributed by atoms with van der Waals surface area (Å²) in [4.78, 5) is 41.1. The van der Waals surface area contributed by atoms with Crippen LogP contribution in [0.2, 0.25) is 0 Å². The first-order chi connectivity index (χ1) is 19.3. The smallest absolute Gasteiger partial charge is 0.247 e. The van der Waals surface area contributed by atoms with E-state index in [2.05, 4.69) is 20.9 Å². The van der Waals surface area contributed by atoms with Gasteiger partial charge >= 0.3 is 0 Å². The molecule has 1 aliphatic rings. The Bertz CT molecular complexity index is 1290. The number of amides is 3. The third-order valence-electron chi connectivity index (χ3n) is 6.62. The van der Waals surface area contributed by atoms with Crippen molar-refractivity contribution in [2.45, 2.75) is 25.6 Å². The average molecular weight is 551 g/mol. The van der Waals surface area contributed by atoms with Gasteiger partial charge in [-0.25, -0.2) is 8.78 Å². The van der Waals surface area contributed by atoms with Gasteiger partial charge in [-0.1, -0.05) is 48.5 Å². The maximum absolute atomic E-state index is 13.4. The second-order valence-corrected chi connectivity index (χ2v) is 9.59. The molecule has 0 saturated carbocycles. The van der Waals surface area contributed by atoms with Crippen LogP contribution in [-0.4, -0.2) is 50.1 Å². The van der Waals surface area contributed by atoms with Crippen molar-refractivity contribution < 1.29 is 27.9 Å². The molecule has 10 heteroatoms. The monoisotopic (exact) mass is 550 g/mol. The molecule has 0 aromatic heterocycles. The molecule has 0 aliphatic carbocycles. The Kier molecular flexibility index (Phi) is 9.80. The number of ether oxygens (including phenoxy) is 1. The third kappa shape index (κ3) is 7.86. The van der Waals surface area contributed by atoms with E-state index in [-0.39, 0.29) is 24.8 Å². The molecular weight excluding hydrogens is 518 g/mol. The van der Waals surface area contributed by atoms with Gasteiger partial charge in [0, 0.05) is 37.9 Å². The predicted molar refractivity (Wildman–Crippen MR) is 146 cm³/mol. The summed E-state index contributed by atoms with van der Waals surface area (Å²) < 4.78 is 32.7. The fourth-order valence-electron chi connectivity index (χ4n) is 4.42. The van der Waals surface area contributed by atoms with E-state index in [0.717, 1.165) is 30.4 Å². The predicted octanol–water partition coefficient (Wildman–Crippen LogP) is 3.10. The third-order valence-corrected chi connectivity index (χ3v) is 6.62. The molecular formula is C30H32F2N4O4. The van der Waals surface area contributed by atoms with Gasteiger partial charge in [0.15, 0.2) is 0 Å². The van der Waals surface area contributed by atoms with Crippen LogP contribution in [0, 0.1) is 17.6 Å². The number of rotatable bonds is 10. The molecule has 1 aliphatic heterocycles. The first-order valence-electron chi connectivity index (χ1n) is 13.1. The molecule has 4 rings (SSSR count). The van der Waals surface area contributed by atoms with Gasteiger partial charge in [0.25, 0.3) is 0 Å². The standard InChI is InChI=1S/C30H32F2N4O4/c1-20(28(37)33-17-21-14-23(31)16-24(32)15-21)29(38)35-27(22-8-4-2-5-9-22)30(39)34-18-26-19-36(12-13-40-26)25-10-6-3-7-11-25/h2-11,14-16,20,26-27H,12-13,17-19H2,1H3,(H,33,37)(H,34,39)(H,35,38)/t20?,26-,27?/m0/s1. The van der Waals surface area contributed by atoms with Gasteiger partial charge in [0.2, 0.25) is 17.7 Å². The number of nitrogens with zero attached hydrogens (tertiary/aromatic N) is 1. The van der Waals surface area contributed by atoms with E-state index in [4.69, 9.17) is 4.74 Å². The van der Waals surface area contributed by atoms with Gasteiger partial charge in [-0.15, -0.1) is 0 Å². The van der Waals surface area contributed by atoms with Crippen molar-refractivity contribution in [1.29, 1.82) is 0 Å². The Balaban J connectivity index is 1.35. The number of para-hydroxylation sites is 1. The van der Waals surface area contributed by atoms with E-state index in [9.17, 15) is 23.2 Å². The molecule has 0 spiro atoms. The second-order valence-electron chi connectivity index (χ2n) is 9.59. The van der Waals surface area contributed by atoms with Gasteiger partial charge in [-0.3, -0.25) is 14.4 Å². The van der Waals surface area contributed by atoms with Crippen molar-refractivity contribution in [2.24, 2.45) is 5.92 Å². The van der Waals surface area contributed by atoms with Gasteiger partial charge in [-0.05, 0) is 42.3 Å². The van der Waals surface area contributed by atoms with E-state index in [1.807, 2.05) is 30.3 Å². The normalized spacial score (nSPS) is 16.5. The van der Waals surface area contributed by atoms with Crippen molar-refractivity contribution in [2.75, 3.05) is 31.1 Å². The molecule has 3 amide bonds. The van der Waals surface area contributed by atoms with Gasteiger partial charge in [0.1, 0.15) is 23.6 Å². The summed E-state index contributed by atoms with van der Waals surface area (Å²) in [6.07, 6.45) is -0.248. The van der Waals surface area contributed by atoms with Crippen molar-refractivity contribution in [3.8, 4) is 0 Å². The van der Waals surface area contributed by atoms with Crippen LogP contribution in [-0.2, 0) is 25.7 Å². The van der Waals surface area contributed by atoms with Crippen LogP contribution in [0.3, 0.4) is 0 Å². The Labute approximate surface area is 231 Å². The Morgan fingerprint density at radius 3 is 2.23 bits per heavy atom. The molecule has 210 valence electrons. The van der Waals surface area contributed by atoms with Gasteiger partial charge in [-0.2, -0.15) is 0 Å². The van der Waals surface area contributed by atoms with Crippen LogP contribution in [0.15, 0.2) is 78.9 Å². The highest BCUT2D eigenvalue weighted by molar-refractivity contribution is 6.01. The largest absolute Gasteiger partial charge is 0.373 e. The molecule has 3 atom stereocenters. The average Bonchev–Trinajstić information content (AvgIpc) is 2.97. The number of hydrogen-bond donors (Lipinski definition) is 3. The zero-order valence-corrected chi connectivity index (χ0v) is 22.1. The minimum absolute atomic E-state index is 0.158. The van der Waals surface area contributed by atoms with E-state index in [0.29, 0.717) is 18.7 Å². The molecule has 0 bridgehead atoms. The topological polar surface area (TPSA) is 99.8 Å². The number of hydrogen-bond acceptors (Lipinski definition) is 5. The molecule has 0 radical (unpaired) electrons. The van der Waals surface area contributed by atoms with Crippen LogP contribution in [0.4, 0.5) is 14.5 Å². The SMILES string of the molecule is CC(C(=O)NCc1cc(F)cc(F)c1)C(=O)NC(C(=O)NC[C@H]1CN(c2ccccc2)CCO1)c1ccccc1. The molecule has 1 saturated heterocycles. The fraction of sp³-hybridized carbons (Fsp3) is 0.300. The quantitative estimate of drug-likeness (QED) is 0.337. The molecule has 1 heterocycles. The fourth-order valence-corrected chi connectivity index (χ4v) is 4.42. The first kappa shape index (κ1) is 28.7. The summed E-state index contributed by atoms with van der Waals surface area (Å²) >= 11 is 0. The van der Waals surface area contributed by atoms with Crippen LogP contribution >= 0.6 is 0 Å². The molecule has 3 aromatic rings. The minimum atomic E-state index is -1.17.